The van der Waals surface area contributed by atoms with E-state index in [2.05, 4.69) is 0 Å². The van der Waals surface area contributed by atoms with E-state index in [0.717, 1.165) is 25.7 Å². The zero-order valence-corrected chi connectivity index (χ0v) is 10.6. The maximum Gasteiger partial charge on any atom is 0.178 e. The minimum Gasteiger partial charge on any atom is -0.390 e. The summed E-state index contributed by atoms with van der Waals surface area (Å²) in [6.45, 7) is 0. The molecule has 0 aliphatic heterocycles. The van der Waals surface area contributed by atoms with Gasteiger partial charge in [-0.15, -0.1) is 0 Å². The van der Waals surface area contributed by atoms with E-state index in [1.165, 1.54) is 0 Å². The Morgan fingerprint density at radius 2 is 1.71 bits per heavy atom. The molecule has 3 nitrogen and oxygen atoms in total. The molecular formula is C13H18O3S. The minimum atomic E-state index is -3.25. The van der Waals surface area contributed by atoms with Crippen LogP contribution in [0.25, 0.3) is 0 Å². The predicted molar refractivity (Wildman–Crippen MR) is 66.5 cm³/mol. The van der Waals surface area contributed by atoms with Crippen molar-refractivity contribution in [2.45, 2.75) is 42.6 Å². The molecule has 1 aliphatic carbocycles. The Balaban J connectivity index is 2.04. The lowest BCUT2D eigenvalue weighted by Crippen LogP contribution is -2.27. The van der Waals surface area contributed by atoms with Crippen LogP contribution in [0.4, 0.5) is 0 Å². The summed E-state index contributed by atoms with van der Waals surface area (Å²) in [5, 5.41) is 10.1. The van der Waals surface area contributed by atoms with Crippen molar-refractivity contribution in [3.63, 3.8) is 0 Å². The first-order valence-corrected chi connectivity index (χ1v) is 7.67. The molecule has 0 radical (unpaired) electrons. The fourth-order valence-electron chi connectivity index (χ4n) is 2.35. The molecule has 0 aromatic heterocycles. The largest absolute Gasteiger partial charge is 0.390 e. The molecule has 0 unspecified atom stereocenters. The lowest BCUT2D eigenvalue weighted by atomic mass is 10.00. The minimum absolute atomic E-state index is 0.0352. The average Bonchev–Trinajstić information content (AvgIpc) is 2.76. The van der Waals surface area contributed by atoms with Crippen LogP contribution in [0.3, 0.4) is 0 Å². The Kier molecular flexibility index (Phi) is 3.54. The Morgan fingerprint density at radius 3 is 2.29 bits per heavy atom. The Morgan fingerprint density at radius 1 is 1.12 bits per heavy atom. The summed E-state index contributed by atoms with van der Waals surface area (Å²) in [7, 11) is -3.25. The fourth-order valence-corrected chi connectivity index (χ4v) is 3.81. The van der Waals surface area contributed by atoms with E-state index in [9.17, 15) is 13.5 Å². The van der Waals surface area contributed by atoms with Crippen LogP contribution >= 0.6 is 0 Å². The van der Waals surface area contributed by atoms with Gasteiger partial charge in [-0.1, -0.05) is 31.0 Å². The number of rotatable bonds is 4. The highest BCUT2D eigenvalue weighted by Crippen LogP contribution is 2.33. The lowest BCUT2D eigenvalue weighted by molar-refractivity contribution is 0.0446. The average molecular weight is 254 g/mol. The molecule has 1 saturated carbocycles. The number of hydrogen-bond acceptors (Lipinski definition) is 3. The molecule has 2 rings (SSSR count). The molecule has 1 aliphatic rings. The van der Waals surface area contributed by atoms with Crippen molar-refractivity contribution < 1.29 is 13.5 Å². The molecule has 0 amide bonds. The number of sulfone groups is 1. The van der Waals surface area contributed by atoms with Gasteiger partial charge in [0.25, 0.3) is 0 Å². The SMILES string of the molecule is O=S(=O)(CCC1(O)CCCC1)c1ccccc1. The number of hydrogen-bond donors (Lipinski definition) is 1. The Labute approximate surface area is 102 Å². The van der Waals surface area contributed by atoms with Crippen LogP contribution in [0, 0.1) is 0 Å². The van der Waals surface area contributed by atoms with Gasteiger partial charge in [0.2, 0.25) is 0 Å². The molecule has 1 aromatic carbocycles. The second kappa shape index (κ2) is 4.78. The molecule has 0 saturated heterocycles. The highest BCUT2D eigenvalue weighted by Gasteiger charge is 2.32. The topological polar surface area (TPSA) is 54.4 Å². The summed E-state index contributed by atoms with van der Waals surface area (Å²) in [6, 6.07) is 8.44. The molecule has 0 bridgehead atoms. The highest BCUT2D eigenvalue weighted by molar-refractivity contribution is 7.91. The third kappa shape index (κ3) is 3.07. The molecule has 0 spiro atoms. The molecule has 4 heteroatoms. The number of aliphatic hydroxyl groups is 1. The van der Waals surface area contributed by atoms with E-state index in [1.807, 2.05) is 0 Å². The van der Waals surface area contributed by atoms with Crippen LogP contribution in [0.5, 0.6) is 0 Å². The first-order chi connectivity index (χ1) is 8.02. The molecular weight excluding hydrogens is 236 g/mol. The van der Waals surface area contributed by atoms with Gasteiger partial charge in [-0.3, -0.25) is 0 Å². The van der Waals surface area contributed by atoms with Crippen molar-refractivity contribution in [2.75, 3.05) is 5.75 Å². The normalized spacial score (nSPS) is 19.4. The van der Waals surface area contributed by atoms with E-state index >= 15 is 0 Å². The molecule has 1 aromatic rings. The van der Waals surface area contributed by atoms with E-state index in [1.54, 1.807) is 30.3 Å². The Bertz CT molecular complexity index is 459. The van der Waals surface area contributed by atoms with Crippen molar-refractivity contribution in [2.24, 2.45) is 0 Å². The van der Waals surface area contributed by atoms with Gasteiger partial charge < -0.3 is 5.11 Å². The zero-order chi connectivity index (χ0) is 12.4. The molecule has 1 N–H and O–H groups in total. The summed E-state index contributed by atoms with van der Waals surface area (Å²) >= 11 is 0. The van der Waals surface area contributed by atoms with E-state index in [0.29, 0.717) is 11.3 Å². The van der Waals surface area contributed by atoms with Gasteiger partial charge in [-0.05, 0) is 31.4 Å². The third-order valence-corrected chi connectivity index (χ3v) is 5.20. The maximum atomic E-state index is 12.0. The molecule has 0 atom stereocenters. The van der Waals surface area contributed by atoms with Crippen molar-refractivity contribution in [1.82, 2.24) is 0 Å². The number of benzene rings is 1. The molecule has 94 valence electrons. The van der Waals surface area contributed by atoms with Gasteiger partial charge in [0.1, 0.15) is 0 Å². The van der Waals surface area contributed by atoms with Crippen molar-refractivity contribution in [3.8, 4) is 0 Å². The zero-order valence-electron chi connectivity index (χ0n) is 9.80. The molecule has 0 heterocycles. The molecule has 17 heavy (non-hydrogen) atoms. The van der Waals surface area contributed by atoms with Gasteiger partial charge in [0.15, 0.2) is 9.84 Å². The second-order valence-electron chi connectivity index (χ2n) is 4.81. The fraction of sp³-hybridized carbons (Fsp3) is 0.538. The Hall–Kier alpha value is -0.870. The van der Waals surface area contributed by atoms with Crippen LogP contribution < -0.4 is 0 Å². The standard InChI is InChI=1S/C13H18O3S/c14-13(8-4-5-9-13)10-11-17(15,16)12-6-2-1-3-7-12/h1-3,6-7,14H,4-5,8-11H2. The second-order valence-corrected chi connectivity index (χ2v) is 6.92. The van der Waals surface area contributed by atoms with E-state index < -0.39 is 15.4 Å². The van der Waals surface area contributed by atoms with Gasteiger partial charge >= 0.3 is 0 Å². The predicted octanol–water partition coefficient (Wildman–Crippen LogP) is 2.16. The van der Waals surface area contributed by atoms with Crippen molar-refractivity contribution >= 4 is 9.84 Å². The van der Waals surface area contributed by atoms with Crippen LogP contribution in [-0.4, -0.2) is 24.9 Å². The van der Waals surface area contributed by atoms with Crippen LogP contribution in [0.2, 0.25) is 0 Å². The van der Waals surface area contributed by atoms with Crippen LogP contribution in [-0.2, 0) is 9.84 Å². The van der Waals surface area contributed by atoms with Crippen molar-refractivity contribution in [3.05, 3.63) is 30.3 Å². The van der Waals surface area contributed by atoms with E-state index in [4.69, 9.17) is 0 Å². The van der Waals surface area contributed by atoms with Crippen molar-refractivity contribution in [1.29, 1.82) is 0 Å². The third-order valence-electron chi connectivity index (χ3n) is 3.47. The smallest absolute Gasteiger partial charge is 0.178 e. The summed E-state index contributed by atoms with van der Waals surface area (Å²) < 4.78 is 24.0. The maximum absolute atomic E-state index is 12.0. The first-order valence-electron chi connectivity index (χ1n) is 6.02. The summed E-state index contributed by atoms with van der Waals surface area (Å²) in [5.74, 6) is 0.0352. The quantitative estimate of drug-likeness (QED) is 0.895. The van der Waals surface area contributed by atoms with Gasteiger partial charge in [0, 0.05) is 0 Å². The van der Waals surface area contributed by atoms with Gasteiger partial charge in [-0.2, -0.15) is 0 Å². The summed E-state index contributed by atoms with van der Waals surface area (Å²) in [4.78, 5) is 0.349. The summed E-state index contributed by atoms with van der Waals surface area (Å²) in [5.41, 5.74) is -0.748. The lowest BCUT2D eigenvalue weighted by Gasteiger charge is -2.21. The first kappa shape index (κ1) is 12.6. The van der Waals surface area contributed by atoms with Crippen LogP contribution in [0.15, 0.2) is 35.2 Å². The highest BCUT2D eigenvalue weighted by atomic mass is 32.2. The van der Waals surface area contributed by atoms with E-state index in [-0.39, 0.29) is 5.75 Å². The van der Waals surface area contributed by atoms with Gasteiger partial charge in [-0.25, -0.2) is 8.42 Å². The molecule has 1 fully saturated rings. The summed E-state index contributed by atoms with van der Waals surface area (Å²) in [6.07, 6.45) is 3.82. The van der Waals surface area contributed by atoms with Gasteiger partial charge in [0.05, 0.1) is 16.2 Å². The monoisotopic (exact) mass is 254 g/mol. The van der Waals surface area contributed by atoms with Crippen LogP contribution in [0.1, 0.15) is 32.1 Å².